The van der Waals surface area contributed by atoms with Crippen LogP contribution in [0.1, 0.15) is 62.5 Å². The van der Waals surface area contributed by atoms with Gasteiger partial charge in [0.15, 0.2) is 0 Å². The second-order valence-corrected chi connectivity index (χ2v) is 11.0. The maximum Gasteiger partial charge on any atom is 0.241 e. The summed E-state index contributed by atoms with van der Waals surface area (Å²) in [5.41, 5.74) is 2.30. The van der Waals surface area contributed by atoms with Crippen molar-refractivity contribution < 1.29 is 18.0 Å². The molecule has 2 aliphatic rings. The minimum Gasteiger partial charge on any atom is -0.352 e. The molecule has 1 unspecified atom stereocenters. The summed E-state index contributed by atoms with van der Waals surface area (Å²) < 4.78 is 29.3. The molecule has 2 amide bonds. The molecule has 0 bridgehead atoms. The third-order valence-electron chi connectivity index (χ3n) is 6.63. The van der Waals surface area contributed by atoms with E-state index in [-0.39, 0.29) is 29.2 Å². The monoisotopic (exact) mass is 483 g/mol. The molecule has 0 aromatic heterocycles. The maximum atomic E-state index is 13.3. The van der Waals surface area contributed by atoms with E-state index in [9.17, 15) is 18.0 Å². The highest BCUT2D eigenvalue weighted by molar-refractivity contribution is 7.89. The number of carbonyl (C=O) groups excluding carboxylic acids is 2. The Bertz CT molecular complexity index is 1110. The Balaban J connectivity index is 1.53. The van der Waals surface area contributed by atoms with Crippen molar-refractivity contribution in [3.63, 3.8) is 0 Å². The molecule has 0 spiro atoms. The third kappa shape index (κ3) is 6.45. The van der Waals surface area contributed by atoms with E-state index in [0.29, 0.717) is 18.5 Å². The van der Waals surface area contributed by atoms with Crippen molar-refractivity contribution in [3.8, 4) is 0 Å². The van der Waals surface area contributed by atoms with E-state index < -0.39 is 16.1 Å². The van der Waals surface area contributed by atoms with E-state index in [1.54, 1.807) is 12.1 Å². The summed E-state index contributed by atoms with van der Waals surface area (Å²) in [5, 5.41) is 5.89. The lowest BCUT2D eigenvalue weighted by molar-refractivity contribution is -0.123. The summed E-state index contributed by atoms with van der Waals surface area (Å²) in [7, 11) is -3.95. The Morgan fingerprint density at radius 1 is 0.971 bits per heavy atom. The number of benzene rings is 2. The highest BCUT2D eigenvalue weighted by atomic mass is 32.2. The van der Waals surface area contributed by atoms with Gasteiger partial charge in [-0.3, -0.25) is 9.59 Å². The molecule has 8 heteroatoms. The van der Waals surface area contributed by atoms with Crippen LogP contribution in [0, 0.1) is 0 Å². The minimum absolute atomic E-state index is 0.0722. The fourth-order valence-electron chi connectivity index (χ4n) is 4.72. The van der Waals surface area contributed by atoms with Gasteiger partial charge in [-0.05, 0) is 55.0 Å². The number of nitrogens with one attached hydrogen (secondary N) is 3. The summed E-state index contributed by atoms with van der Waals surface area (Å²) in [4.78, 5) is 25.0. The number of amides is 2. The Morgan fingerprint density at radius 2 is 1.68 bits per heavy atom. The van der Waals surface area contributed by atoms with Crippen molar-refractivity contribution >= 4 is 27.5 Å². The predicted octanol–water partition coefficient (Wildman–Crippen LogP) is 3.69. The van der Waals surface area contributed by atoms with Crippen LogP contribution < -0.4 is 15.4 Å². The van der Waals surface area contributed by atoms with Gasteiger partial charge < -0.3 is 10.6 Å². The van der Waals surface area contributed by atoms with Gasteiger partial charge in [0.2, 0.25) is 21.8 Å². The molecule has 182 valence electrons. The van der Waals surface area contributed by atoms with Crippen molar-refractivity contribution in [2.75, 3.05) is 5.32 Å². The average Bonchev–Trinajstić information content (AvgIpc) is 2.80. The molecule has 0 radical (unpaired) electrons. The van der Waals surface area contributed by atoms with Crippen molar-refractivity contribution in [3.05, 3.63) is 59.7 Å². The van der Waals surface area contributed by atoms with Crippen LogP contribution in [0.2, 0.25) is 0 Å². The number of hydrogen-bond donors (Lipinski definition) is 3. The number of sulfonamides is 1. The molecule has 2 aromatic carbocycles. The number of hydrogen-bond acceptors (Lipinski definition) is 4. The number of anilines is 1. The van der Waals surface area contributed by atoms with Crippen molar-refractivity contribution in [2.24, 2.45) is 0 Å². The molecule has 1 saturated carbocycles. The smallest absolute Gasteiger partial charge is 0.241 e. The zero-order valence-corrected chi connectivity index (χ0v) is 20.2. The van der Waals surface area contributed by atoms with Gasteiger partial charge in [-0.2, -0.15) is 4.72 Å². The van der Waals surface area contributed by atoms with Gasteiger partial charge in [-0.15, -0.1) is 0 Å². The Morgan fingerprint density at radius 3 is 2.41 bits per heavy atom. The topological polar surface area (TPSA) is 104 Å². The third-order valence-corrected chi connectivity index (χ3v) is 8.10. The van der Waals surface area contributed by atoms with E-state index >= 15 is 0 Å². The first-order valence-electron chi connectivity index (χ1n) is 12.2. The molecule has 34 heavy (non-hydrogen) atoms. The molecule has 0 saturated heterocycles. The normalized spacial score (nSPS) is 18.2. The van der Waals surface area contributed by atoms with Gasteiger partial charge in [0.1, 0.15) is 6.04 Å². The molecule has 2 aromatic rings. The molecule has 1 heterocycles. The van der Waals surface area contributed by atoms with Crippen LogP contribution in [0.25, 0.3) is 0 Å². The molecule has 7 nitrogen and oxygen atoms in total. The second kappa shape index (κ2) is 11.1. The first-order valence-corrected chi connectivity index (χ1v) is 13.7. The van der Waals surface area contributed by atoms with Gasteiger partial charge in [0.25, 0.3) is 0 Å². The van der Waals surface area contributed by atoms with E-state index in [2.05, 4.69) is 15.4 Å². The van der Waals surface area contributed by atoms with Crippen LogP contribution in [0.4, 0.5) is 5.69 Å². The summed E-state index contributed by atoms with van der Waals surface area (Å²) >= 11 is 0. The highest BCUT2D eigenvalue weighted by Crippen LogP contribution is 2.26. The van der Waals surface area contributed by atoms with Crippen molar-refractivity contribution in [1.82, 2.24) is 10.0 Å². The molecule has 3 N–H and O–H groups in total. The van der Waals surface area contributed by atoms with Gasteiger partial charge >= 0.3 is 0 Å². The molecule has 1 fully saturated rings. The molecule has 4 rings (SSSR count). The number of fused-ring (bicyclic) bond motifs is 1. The SMILES string of the molecule is O=C1CCc2cc(S(=O)(=O)NC(Cc3ccccc3)C(=O)NC3CCCCCCC3)ccc2N1. The summed E-state index contributed by atoms with van der Waals surface area (Å²) in [6.45, 7) is 0. The highest BCUT2D eigenvalue weighted by Gasteiger charge is 2.28. The lowest BCUT2D eigenvalue weighted by Crippen LogP contribution is -2.50. The fourth-order valence-corrected chi connectivity index (χ4v) is 5.97. The zero-order valence-electron chi connectivity index (χ0n) is 19.4. The molecule has 1 aliphatic heterocycles. The fraction of sp³-hybridized carbons (Fsp3) is 0.462. The van der Waals surface area contributed by atoms with Crippen molar-refractivity contribution in [1.29, 1.82) is 0 Å². The van der Waals surface area contributed by atoms with E-state index in [1.165, 1.54) is 25.3 Å². The molecule has 1 aliphatic carbocycles. The summed E-state index contributed by atoms with van der Waals surface area (Å²) in [6.07, 6.45) is 8.65. The number of rotatable bonds is 7. The van der Waals surface area contributed by atoms with Crippen LogP contribution in [0.15, 0.2) is 53.4 Å². The van der Waals surface area contributed by atoms with E-state index in [1.807, 2.05) is 30.3 Å². The first-order chi connectivity index (χ1) is 16.4. The molecule has 1 atom stereocenters. The zero-order chi connectivity index (χ0) is 24.0. The average molecular weight is 484 g/mol. The van der Waals surface area contributed by atoms with Crippen LogP contribution in [-0.4, -0.2) is 32.3 Å². The van der Waals surface area contributed by atoms with Gasteiger partial charge in [-0.1, -0.05) is 62.4 Å². The number of carbonyl (C=O) groups is 2. The quantitative estimate of drug-likeness (QED) is 0.559. The van der Waals surface area contributed by atoms with Crippen molar-refractivity contribution in [2.45, 2.75) is 81.2 Å². The predicted molar refractivity (Wildman–Crippen MR) is 132 cm³/mol. The first kappa shape index (κ1) is 24.4. The lowest BCUT2D eigenvalue weighted by Gasteiger charge is -2.25. The summed E-state index contributed by atoms with van der Waals surface area (Å²) in [6, 6.07) is 13.3. The Kier molecular flexibility index (Phi) is 8.00. The van der Waals surface area contributed by atoms with Gasteiger partial charge in [0, 0.05) is 18.2 Å². The summed E-state index contributed by atoms with van der Waals surface area (Å²) in [5.74, 6) is -0.363. The van der Waals surface area contributed by atoms with E-state index in [0.717, 1.165) is 36.8 Å². The molecular formula is C26H33N3O4S. The lowest BCUT2D eigenvalue weighted by atomic mass is 9.96. The van der Waals surface area contributed by atoms with Crippen LogP contribution >= 0.6 is 0 Å². The minimum atomic E-state index is -3.95. The second-order valence-electron chi connectivity index (χ2n) is 9.28. The van der Waals surface area contributed by atoms with Crippen LogP contribution in [0.5, 0.6) is 0 Å². The van der Waals surface area contributed by atoms with Gasteiger partial charge in [0.05, 0.1) is 4.90 Å². The standard InChI is InChI=1S/C26H33N3O4S/c30-25-16-13-20-18-22(14-15-23(20)28-25)34(32,33)29-24(17-19-9-5-4-6-10-19)26(31)27-21-11-7-2-1-3-8-12-21/h4-6,9-10,14-15,18,21,24,29H,1-3,7-8,11-13,16-17H2,(H,27,31)(H,28,30). The Hall–Kier alpha value is -2.71. The molecular weight excluding hydrogens is 450 g/mol. The number of aryl methyl sites for hydroxylation is 1. The van der Waals surface area contributed by atoms with E-state index in [4.69, 9.17) is 0 Å². The Labute approximate surface area is 201 Å². The van der Waals surface area contributed by atoms with Gasteiger partial charge in [-0.25, -0.2) is 8.42 Å². The largest absolute Gasteiger partial charge is 0.352 e. The van der Waals surface area contributed by atoms with Crippen LogP contribution in [-0.2, 0) is 32.5 Å². The van der Waals surface area contributed by atoms with Crippen LogP contribution in [0.3, 0.4) is 0 Å². The maximum absolute atomic E-state index is 13.3.